The van der Waals surface area contributed by atoms with Crippen LogP contribution >= 0.6 is 0 Å². The van der Waals surface area contributed by atoms with E-state index >= 15 is 0 Å². The third kappa shape index (κ3) is 3.27. The Morgan fingerprint density at radius 2 is 2.00 bits per heavy atom. The minimum absolute atomic E-state index is 0.0988. The van der Waals surface area contributed by atoms with Gasteiger partial charge in [0.15, 0.2) is 11.2 Å². The number of benzene rings is 1. The van der Waals surface area contributed by atoms with Crippen LogP contribution in [0.2, 0.25) is 0 Å². The van der Waals surface area contributed by atoms with Crippen molar-refractivity contribution in [3.8, 4) is 17.2 Å². The molecule has 28 heavy (non-hydrogen) atoms. The van der Waals surface area contributed by atoms with Crippen molar-refractivity contribution in [2.24, 2.45) is 0 Å². The van der Waals surface area contributed by atoms with Crippen molar-refractivity contribution in [3.05, 3.63) is 65.2 Å². The average molecular weight is 375 g/mol. The number of fused-ring (bicyclic) bond motifs is 2. The molecule has 1 aliphatic heterocycles. The molecule has 6 nitrogen and oxygen atoms in total. The lowest BCUT2D eigenvalue weighted by Gasteiger charge is -2.15. The molecule has 0 unspecified atom stereocenters. The molecule has 5 rings (SSSR count). The first-order chi connectivity index (χ1) is 13.8. The Bertz CT molecular complexity index is 1190. The summed E-state index contributed by atoms with van der Waals surface area (Å²) in [5.41, 5.74) is 2.07. The van der Waals surface area contributed by atoms with Gasteiger partial charge in [-0.2, -0.15) is 0 Å². The SMILES string of the molecule is O=c1cc(-c2cc3cccn3cn2)oc2ccc(OCCN3CCCC3)cc12. The van der Waals surface area contributed by atoms with Crippen molar-refractivity contribution in [1.29, 1.82) is 0 Å². The zero-order valence-electron chi connectivity index (χ0n) is 15.5. The molecule has 0 amide bonds. The van der Waals surface area contributed by atoms with Crippen molar-refractivity contribution in [1.82, 2.24) is 14.3 Å². The van der Waals surface area contributed by atoms with E-state index in [2.05, 4.69) is 9.88 Å². The highest BCUT2D eigenvalue weighted by Gasteiger charge is 2.12. The highest BCUT2D eigenvalue weighted by Crippen LogP contribution is 2.24. The van der Waals surface area contributed by atoms with E-state index in [1.807, 2.05) is 34.9 Å². The summed E-state index contributed by atoms with van der Waals surface area (Å²) >= 11 is 0. The molecule has 0 radical (unpaired) electrons. The molecule has 4 aromatic rings. The van der Waals surface area contributed by atoms with E-state index in [0.29, 0.717) is 34.8 Å². The lowest BCUT2D eigenvalue weighted by molar-refractivity contribution is 0.238. The summed E-state index contributed by atoms with van der Waals surface area (Å²) in [6.07, 6.45) is 6.18. The molecule has 0 atom stereocenters. The molecule has 142 valence electrons. The highest BCUT2D eigenvalue weighted by molar-refractivity contribution is 5.80. The van der Waals surface area contributed by atoms with Crippen molar-refractivity contribution in [2.45, 2.75) is 12.8 Å². The van der Waals surface area contributed by atoms with Crippen LogP contribution in [0.1, 0.15) is 12.8 Å². The summed E-state index contributed by atoms with van der Waals surface area (Å²) in [7, 11) is 0. The van der Waals surface area contributed by atoms with Gasteiger partial charge in [0, 0.05) is 24.3 Å². The summed E-state index contributed by atoms with van der Waals surface area (Å²) in [4.78, 5) is 19.5. The Hall–Kier alpha value is -3.12. The maximum Gasteiger partial charge on any atom is 0.193 e. The van der Waals surface area contributed by atoms with Gasteiger partial charge in [0.2, 0.25) is 0 Å². The molecule has 6 heteroatoms. The maximum absolute atomic E-state index is 12.7. The van der Waals surface area contributed by atoms with Gasteiger partial charge in [-0.15, -0.1) is 0 Å². The first-order valence-corrected chi connectivity index (χ1v) is 9.62. The van der Waals surface area contributed by atoms with Crippen molar-refractivity contribution >= 4 is 16.5 Å². The van der Waals surface area contributed by atoms with E-state index in [9.17, 15) is 4.79 Å². The van der Waals surface area contributed by atoms with E-state index in [1.165, 1.54) is 18.9 Å². The lowest BCUT2D eigenvalue weighted by atomic mass is 10.2. The van der Waals surface area contributed by atoms with Gasteiger partial charge in [0.1, 0.15) is 23.6 Å². The number of nitrogens with zero attached hydrogens (tertiary/aromatic N) is 3. The van der Waals surface area contributed by atoms with Gasteiger partial charge < -0.3 is 13.6 Å². The van der Waals surface area contributed by atoms with Gasteiger partial charge in [-0.05, 0) is 62.3 Å². The smallest absolute Gasteiger partial charge is 0.193 e. The Balaban J connectivity index is 1.40. The number of rotatable bonds is 5. The zero-order chi connectivity index (χ0) is 18.9. The van der Waals surface area contributed by atoms with E-state index in [0.717, 1.165) is 25.2 Å². The fourth-order valence-corrected chi connectivity index (χ4v) is 3.72. The monoisotopic (exact) mass is 375 g/mol. The number of aromatic nitrogens is 2. The first-order valence-electron chi connectivity index (χ1n) is 9.62. The Labute approximate surface area is 162 Å². The molecule has 1 saturated heterocycles. The molecule has 1 aromatic carbocycles. The number of likely N-dealkylation sites (tertiary alicyclic amines) is 1. The van der Waals surface area contributed by atoms with E-state index in [1.54, 1.807) is 18.5 Å². The summed E-state index contributed by atoms with van der Waals surface area (Å²) < 4.78 is 13.7. The number of ether oxygens (including phenoxy) is 1. The van der Waals surface area contributed by atoms with Gasteiger partial charge in [0.25, 0.3) is 0 Å². The van der Waals surface area contributed by atoms with E-state index in [4.69, 9.17) is 9.15 Å². The molecule has 0 aliphatic carbocycles. The summed E-state index contributed by atoms with van der Waals surface area (Å²) in [6.45, 7) is 3.84. The van der Waals surface area contributed by atoms with Crippen molar-refractivity contribution in [3.63, 3.8) is 0 Å². The van der Waals surface area contributed by atoms with Crippen molar-refractivity contribution in [2.75, 3.05) is 26.2 Å². The van der Waals surface area contributed by atoms with Crippen LogP contribution in [-0.4, -0.2) is 40.5 Å². The molecule has 3 aromatic heterocycles. The Morgan fingerprint density at radius 3 is 2.89 bits per heavy atom. The van der Waals surface area contributed by atoms with E-state index in [-0.39, 0.29) is 5.43 Å². The van der Waals surface area contributed by atoms with Crippen LogP contribution in [0.3, 0.4) is 0 Å². The second-order valence-corrected chi connectivity index (χ2v) is 7.14. The van der Waals surface area contributed by atoms with Gasteiger partial charge in [-0.1, -0.05) is 0 Å². The van der Waals surface area contributed by atoms with Gasteiger partial charge in [-0.25, -0.2) is 4.98 Å². The maximum atomic E-state index is 12.7. The molecule has 1 fully saturated rings. The van der Waals surface area contributed by atoms with Crippen LogP contribution in [-0.2, 0) is 0 Å². The van der Waals surface area contributed by atoms with Crippen LogP contribution in [0.5, 0.6) is 5.75 Å². The number of hydrogen-bond donors (Lipinski definition) is 0. The third-order valence-corrected chi connectivity index (χ3v) is 5.24. The quantitative estimate of drug-likeness (QED) is 0.534. The van der Waals surface area contributed by atoms with Gasteiger partial charge >= 0.3 is 0 Å². The zero-order valence-corrected chi connectivity index (χ0v) is 15.5. The fraction of sp³-hybridized carbons (Fsp3) is 0.273. The molecule has 4 heterocycles. The van der Waals surface area contributed by atoms with Crippen LogP contribution in [0.25, 0.3) is 27.9 Å². The first kappa shape index (κ1) is 17.0. The van der Waals surface area contributed by atoms with Crippen molar-refractivity contribution < 1.29 is 9.15 Å². The van der Waals surface area contributed by atoms with Crippen LogP contribution in [0.15, 0.2) is 64.2 Å². The molecule has 0 bridgehead atoms. The summed E-state index contributed by atoms with van der Waals surface area (Å²) in [5, 5.41) is 0.520. The lowest BCUT2D eigenvalue weighted by Crippen LogP contribution is -2.25. The minimum atomic E-state index is -0.0988. The number of hydrogen-bond acceptors (Lipinski definition) is 5. The molecule has 1 aliphatic rings. The van der Waals surface area contributed by atoms with E-state index < -0.39 is 0 Å². The standard InChI is InChI=1S/C22H21N3O3/c26-20-14-22(19-12-16-4-3-9-25(16)15-23-19)28-21-6-5-17(13-18(20)21)27-11-10-24-7-1-2-8-24/h3-6,9,12-15H,1-2,7-8,10-11H2. The predicted octanol–water partition coefficient (Wildman–Crippen LogP) is 3.58. The fourth-order valence-electron chi connectivity index (χ4n) is 3.72. The summed E-state index contributed by atoms with van der Waals surface area (Å²) in [5.74, 6) is 1.16. The Morgan fingerprint density at radius 1 is 1.11 bits per heavy atom. The molecular weight excluding hydrogens is 354 g/mol. The second kappa shape index (κ2) is 7.13. The normalized spacial score (nSPS) is 14.9. The summed E-state index contributed by atoms with van der Waals surface area (Å²) in [6, 6.07) is 12.7. The molecule has 0 N–H and O–H groups in total. The van der Waals surface area contributed by atoms with Crippen LogP contribution < -0.4 is 10.2 Å². The largest absolute Gasteiger partial charge is 0.492 e. The third-order valence-electron chi connectivity index (χ3n) is 5.24. The topological polar surface area (TPSA) is 60.0 Å². The van der Waals surface area contributed by atoms with Gasteiger partial charge in [0.05, 0.1) is 11.7 Å². The van der Waals surface area contributed by atoms with Gasteiger partial charge in [-0.3, -0.25) is 9.69 Å². The molecular formula is C22H21N3O3. The van der Waals surface area contributed by atoms with Crippen LogP contribution in [0.4, 0.5) is 0 Å². The molecule has 0 spiro atoms. The minimum Gasteiger partial charge on any atom is -0.492 e. The Kier molecular flexibility index (Phi) is 4.33. The highest BCUT2D eigenvalue weighted by atomic mass is 16.5. The predicted molar refractivity (Wildman–Crippen MR) is 108 cm³/mol. The van der Waals surface area contributed by atoms with Crippen LogP contribution in [0, 0.1) is 0 Å². The second-order valence-electron chi connectivity index (χ2n) is 7.14. The molecule has 0 saturated carbocycles. The average Bonchev–Trinajstić information content (AvgIpc) is 3.39.